The van der Waals surface area contributed by atoms with E-state index in [4.69, 9.17) is 9.47 Å². The molecule has 1 saturated heterocycles. The Labute approximate surface area is 173 Å². The van der Waals surface area contributed by atoms with Gasteiger partial charge in [0.2, 0.25) is 0 Å². The predicted molar refractivity (Wildman–Crippen MR) is 106 cm³/mol. The number of cyclic esters (lactones) is 1. The van der Waals surface area contributed by atoms with Crippen molar-refractivity contribution in [2.45, 2.75) is 32.2 Å². The van der Waals surface area contributed by atoms with Gasteiger partial charge in [-0.1, -0.05) is 36.4 Å². The van der Waals surface area contributed by atoms with Crippen molar-refractivity contribution in [1.29, 1.82) is 0 Å². The first kappa shape index (κ1) is 18.6. The van der Waals surface area contributed by atoms with Crippen molar-refractivity contribution in [2.24, 2.45) is 5.92 Å². The molecule has 1 aliphatic carbocycles. The first-order chi connectivity index (χ1) is 14.5. The number of fused-ring (bicyclic) bond motifs is 3. The molecule has 3 unspecified atom stereocenters. The van der Waals surface area contributed by atoms with Crippen LogP contribution in [0.3, 0.4) is 0 Å². The van der Waals surface area contributed by atoms with E-state index in [9.17, 15) is 14.0 Å². The van der Waals surface area contributed by atoms with Crippen molar-refractivity contribution in [3.05, 3.63) is 94.5 Å². The molecular weight excluding hydrogens is 385 g/mol. The fraction of sp³-hybridized carbons (Fsp3) is 0.250. The van der Waals surface area contributed by atoms with Gasteiger partial charge in [0.15, 0.2) is 0 Å². The third kappa shape index (κ3) is 3.09. The predicted octanol–water partition coefficient (Wildman–Crippen LogP) is 3.81. The lowest BCUT2D eigenvalue weighted by Crippen LogP contribution is -2.27. The SMILES string of the molecule is CC1=CC(OC=C2C(=O)N(Cc3ccc(F)cc3)C3c4ccccc4CC23)OC1=O. The number of benzene rings is 2. The molecule has 2 heterocycles. The molecule has 2 aliphatic heterocycles. The van der Waals surface area contributed by atoms with Crippen LogP contribution in [-0.2, 0) is 32.0 Å². The minimum Gasteiger partial charge on any atom is -0.458 e. The minimum absolute atomic E-state index is 0.0440. The number of carbonyl (C=O) groups excluding carboxylic acids is 2. The Balaban J connectivity index is 1.46. The summed E-state index contributed by atoms with van der Waals surface area (Å²) in [7, 11) is 0. The molecule has 6 heteroatoms. The number of hydrogen-bond acceptors (Lipinski definition) is 4. The number of halogens is 1. The zero-order chi connectivity index (χ0) is 20.8. The minimum atomic E-state index is -0.814. The second-order valence-corrected chi connectivity index (χ2v) is 7.85. The van der Waals surface area contributed by atoms with Crippen LogP contribution in [0.2, 0.25) is 0 Å². The molecule has 0 radical (unpaired) electrons. The van der Waals surface area contributed by atoms with Gasteiger partial charge in [0.05, 0.1) is 17.9 Å². The molecule has 3 aliphatic rings. The van der Waals surface area contributed by atoms with Crippen LogP contribution in [0.4, 0.5) is 4.39 Å². The smallest absolute Gasteiger partial charge is 0.336 e. The Morgan fingerprint density at radius 1 is 1.17 bits per heavy atom. The van der Waals surface area contributed by atoms with E-state index in [1.807, 2.05) is 17.0 Å². The number of ether oxygens (including phenoxy) is 2. The van der Waals surface area contributed by atoms with Crippen molar-refractivity contribution >= 4 is 11.9 Å². The molecule has 0 N–H and O–H groups in total. The number of likely N-dealkylation sites (tertiary alicyclic amines) is 1. The maximum absolute atomic E-state index is 13.3. The molecule has 3 atom stereocenters. The second-order valence-electron chi connectivity index (χ2n) is 7.85. The van der Waals surface area contributed by atoms with E-state index >= 15 is 0 Å². The van der Waals surface area contributed by atoms with E-state index in [-0.39, 0.29) is 23.7 Å². The number of hydrogen-bond donors (Lipinski definition) is 0. The van der Waals surface area contributed by atoms with Crippen molar-refractivity contribution < 1.29 is 23.5 Å². The Hall–Kier alpha value is -3.41. The molecule has 2 aromatic rings. The Kier molecular flexibility index (Phi) is 4.42. The lowest BCUT2D eigenvalue weighted by Gasteiger charge is -2.24. The van der Waals surface area contributed by atoms with Gasteiger partial charge >= 0.3 is 5.97 Å². The summed E-state index contributed by atoms with van der Waals surface area (Å²) in [5, 5.41) is 0. The van der Waals surface area contributed by atoms with Crippen molar-refractivity contribution in [1.82, 2.24) is 4.90 Å². The fourth-order valence-corrected chi connectivity index (χ4v) is 4.50. The van der Waals surface area contributed by atoms with Crippen LogP contribution >= 0.6 is 0 Å². The van der Waals surface area contributed by atoms with Gasteiger partial charge in [-0.3, -0.25) is 4.79 Å². The van der Waals surface area contributed by atoms with E-state index in [0.717, 1.165) is 17.5 Å². The maximum atomic E-state index is 13.3. The molecule has 5 nitrogen and oxygen atoms in total. The highest BCUT2D eigenvalue weighted by molar-refractivity contribution is 5.97. The summed E-state index contributed by atoms with van der Waals surface area (Å²) in [6, 6.07) is 14.2. The highest BCUT2D eigenvalue weighted by Crippen LogP contribution is 2.50. The molecule has 1 amide bonds. The van der Waals surface area contributed by atoms with E-state index in [1.54, 1.807) is 25.1 Å². The number of nitrogens with zero attached hydrogens (tertiary/aromatic N) is 1. The standard InChI is InChI=1S/C24H20FNO4/c1-14-10-21(30-24(14)28)29-13-20-19-11-16-4-2-3-5-18(16)22(19)26(23(20)27)12-15-6-8-17(25)9-7-15/h2-10,13,19,21-22H,11-12H2,1H3. The van der Waals surface area contributed by atoms with Crippen molar-refractivity contribution in [3.8, 4) is 0 Å². The van der Waals surface area contributed by atoms with Crippen LogP contribution in [0.15, 0.2) is 72.0 Å². The van der Waals surface area contributed by atoms with Crippen LogP contribution in [0, 0.1) is 11.7 Å². The second kappa shape index (κ2) is 7.13. The average Bonchev–Trinajstić information content (AvgIpc) is 3.34. The maximum Gasteiger partial charge on any atom is 0.336 e. The van der Waals surface area contributed by atoms with Crippen molar-refractivity contribution in [3.63, 3.8) is 0 Å². The molecule has 0 spiro atoms. The number of amides is 1. The summed E-state index contributed by atoms with van der Waals surface area (Å²) in [5.41, 5.74) is 4.24. The molecule has 0 aromatic heterocycles. The first-order valence-electron chi connectivity index (χ1n) is 9.89. The van der Waals surface area contributed by atoms with Crippen LogP contribution in [0.1, 0.15) is 29.7 Å². The molecule has 152 valence electrons. The molecule has 5 rings (SSSR count). The zero-order valence-electron chi connectivity index (χ0n) is 16.4. The monoisotopic (exact) mass is 405 g/mol. The summed E-state index contributed by atoms with van der Waals surface area (Å²) < 4.78 is 24.1. The summed E-state index contributed by atoms with van der Waals surface area (Å²) >= 11 is 0. The van der Waals surface area contributed by atoms with E-state index < -0.39 is 12.3 Å². The lowest BCUT2D eigenvalue weighted by molar-refractivity contribution is -0.152. The molecule has 0 bridgehead atoms. The zero-order valence-corrected chi connectivity index (χ0v) is 16.4. The van der Waals surface area contributed by atoms with Gasteiger partial charge in [0, 0.05) is 24.1 Å². The highest BCUT2D eigenvalue weighted by Gasteiger charge is 2.49. The number of carbonyl (C=O) groups is 2. The summed E-state index contributed by atoms with van der Waals surface area (Å²) in [6.45, 7) is 2.04. The molecule has 0 saturated carbocycles. The van der Waals surface area contributed by atoms with E-state index in [1.165, 1.54) is 24.0 Å². The summed E-state index contributed by atoms with van der Waals surface area (Å²) in [4.78, 5) is 26.7. The van der Waals surface area contributed by atoms with Gasteiger partial charge in [0.25, 0.3) is 12.2 Å². The van der Waals surface area contributed by atoms with Crippen LogP contribution in [0.5, 0.6) is 0 Å². The fourth-order valence-electron chi connectivity index (χ4n) is 4.50. The average molecular weight is 405 g/mol. The number of esters is 1. The van der Waals surface area contributed by atoms with Crippen LogP contribution in [-0.4, -0.2) is 23.1 Å². The molecular formula is C24H20FNO4. The molecule has 1 fully saturated rings. The summed E-state index contributed by atoms with van der Waals surface area (Å²) in [6.07, 6.45) is 2.96. The van der Waals surface area contributed by atoms with E-state index in [2.05, 4.69) is 12.1 Å². The molecule has 2 aromatic carbocycles. The molecule has 30 heavy (non-hydrogen) atoms. The van der Waals surface area contributed by atoms with Crippen LogP contribution in [0.25, 0.3) is 0 Å². The van der Waals surface area contributed by atoms with Crippen molar-refractivity contribution in [2.75, 3.05) is 0 Å². The van der Waals surface area contributed by atoms with Gasteiger partial charge in [-0.05, 0) is 42.2 Å². The Morgan fingerprint density at radius 2 is 1.93 bits per heavy atom. The third-order valence-corrected chi connectivity index (χ3v) is 5.96. The topological polar surface area (TPSA) is 55.8 Å². The lowest BCUT2D eigenvalue weighted by atomic mass is 9.97. The van der Waals surface area contributed by atoms with E-state index in [0.29, 0.717) is 17.7 Å². The third-order valence-electron chi connectivity index (χ3n) is 5.96. The summed E-state index contributed by atoms with van der Waals surface area (Å²) in [5.74, 6) is -0.884. The number of rotatable bonds is 4. The normalized spacial score (nSPS) is 25.9. The van der Waals surface area contributed by atoms with Crippen LogP contribution < -0.4 is 0 Å². The van der Waals surface area contributed by atoms with Gasteiger partial charge in [-0.25, -0.2) is 9.18 Å². The Morgan fingerprint density at radius 3 is 2.67 bits per heavy atom. The van der Waals surface area contributed by atoms with Gasteiger partial charge < -0.3 is 14.4 Å². The highest BCUT2D eigenvalue weighted by atomic mass is 19.1. The van der Waals surface area contributed by atoms with Gasteiger partial charge in [0.1, 0.15) is 5.82 Å². The first-order valence-corrected chi connectivity index (χ1v) is 9.89. The quantitative estimate of drug-likeness (QED) is 0.441. The largest absolute Gasteiger partial charge is 0.458 e. The van der Waals surface area contributed by atoms with Gasteiger partial charge in [-0.15, -0.1) is 0 Å². The van der Waals surface area contributed by atoms with Gasteiger partial charge in [-0.2, -0.15) is 0 Å². The Bertz CT molecular complexity index is 1090.